The van der Waals surface area contributed by atoms with Crippen molar-refractivity contribution in [3.05, 3.63) is 12.4 Å². The highest BCUT2D eigenvalue weighted by molar-refractivity contribution is 7.99. The van der Waals surface area contributed by atoms with Crippen LogP contribution < -0.4 is 0 Å². The zero-order chi connectivity index (χ0) is 8.10. The van der Waals surface area contributed by atoms with Gasteiger partial charge in [-0.3, -0.25) is 4.79 Å². The predicted molar refractivity (Wildman–Crippen MR) is 44.6 cm³/mol. The molecule has 0 amide bonds. The maximum atomic E-state index is 10.5. The van der Waals surface area contributed by atoms with Crippen LogP contribution in [0.4, 0.5) is 0 Å². The molecule has 1 rings (SSSR count). The fourth-order valence-electron chi connectivity index (χ4n) is 0.621. The first-order valence-corrected chi connectivity index (χ1v) is 4.39. The van der Waals surface area contributed by atoms with Crippen molar-refractivity contribution in [2.24, 2.45) is 0 Å². The van der Waals surface area contributed by atoms with Crippen LogP contribution >= 0.6 is 11.8 Å². The van der Waals surface area contributed by atoms with Gasteiger partial charge in [0.1, 0.15) is 5.78 Å². The standard InChI is InChI=1S/C7H10N2OS/c1-6(10)2-5-11-7-8-3-4-9-7/h3-4H,2,5H2,1H3,(H,8,9). The van der Waals surface area contributed by atoms with Crippen molar-refractivity contribution in [2.45, 2.75) is 18.5 Å². The lowest BCUT2D eigenvalue weighted by molar-refractivity contribution is -0.116. The van der Waals surface area contributed by atoms with E-state index in [4.69, 9.17) is 0 Å². The Bertz CT molecular complexity index is 220. The molecule has 0 aromatic carbocycles. The molecule has 0 aliphatic heterocycles. The van der Waals surface area contributed by atoms with Gasteiger partial charge in [-0.25, -0.2) is 4.98 Å². The number of imidazole rings is 1. The molecule has 3 nitrogen and oxygen atoms in total. The van der Waals surface area contributed by atoms with Crippen LogP contribution in [0.5, 0.6) is 0 Å². The number of hydrogen-bond donors (Lipinski definition) is 1. The predicted octanol–water partition coefficient (Wildman–Crippen LogP) is 1.48. The lowest BCUT2D eigenvalue weighted by Crippen LogP contribution is -1.91. The summed E-state index contributed by atoms with van der Waals surface area (Å²) in [5.41, 5.74) is 0. The molecule has 1 aromatic heterocycles. The van der Waals surface area contributed by atoms with E-state index in [1.54, 1.807) is 31.1 Å². The molecule has 0 atom stereocenters. The quantitative estimate of drug-likeness (QED) is 0.696. The normalized spacial score (nSPS) is 9.91. The van der Waals surface area contributed by atoms with E-state index in [0.29, 0.717) is 6.42 Å². The second-order valence-electron chi connectivity index (χ2n) is 2.19. The van der Waals surface area contributed by atoms with E-state index in [2.05, 4.69) is 9.97 Å². The van der Waals surface area contributed by atoms with Gasteiger partial charge in [-0.1, -0.05) is 11.8 Å². The summed E-state index contributed by atoms with van der Waals surface area (Å²) in [5, 5.41) is 0.881. The number of aromatic nitrogens is 2. The lowest BCUT2D eigenvalue weighted by atomic mass is 10.4. The van der Waals surface area contributed by atoms with Crippen LogP contribution in [-0.2, 0) is 4.79 Å². The fourth-order valence-corrected chi connectivity index (χ4v) is 1.49. The smallest absolute Gasteiger partial charge is 0.165 e. The van der Waals surface area contributed by atoms with Gasteiger partial charge in [0.15, 0.2) is 5.16 Å². The zero-order valence-corrected chi connectivity index (χ0v) is 7.15. The van der Waals surface area contributed by atoms with E-state index in [-0.39, 0.29) is 5.78 Å². The van der Waals surface area contributed by atoms with Crippen molar-refractivity contribution >= 4 is 17.5 Å². The number of ketones is 1. The average molecular weight is 170 g/mol. The Morgan fingerprint density at radius 1 is 1.82 bits per heavy atom. The summed E-state index contributed by atoms with van der Waals surface area (Å²) in [5.74, 6) is 1.03. The second kappa shape index (κ2) is 4.18. The number of thioether (sulfide) groups is 1. The monoisotopic (exact) mass is 170 g/mol. The summed E-state index contributed by atoms with van der Waals surface area (Å²) in [4.78, 5) is 17.5. The minimum atomic E-state index is 0.226. The van der Waals surface area contributed by atoms with Gasteiger partial charge < -0.3 is 4.98 Å². The molecule has 4 heteroatoms. The number of Topliss-reactive ketones (excluding diaryl/α,β-unsaturated/α-hetero) is 1. The molecule has 1 N–H and O–H groups in total. The molecule has 0 aliphatic rings. The van der Waals surface area contributed by atoms with Crippen molar-refractivity contribution in [3.8, 4) is 0 Å². The molecule has 0 unspecified atom stereocenters. The second-order valence-corrected chi connectivity index (χ2v) is 3.28. The maximum absolute atomic E-state index is 10.5. The van der Waals surface area contributed by atoms with E-state index >= 15 is 0 Å². The molecule has 0 aliphatic carbocycles. The minimum Gasteiger partial charge on any atom is -0.340 e. The summed E-state index contributed by atoms with van der Waals surface area (Å²) in [6.07, 6.45) is 4.09. The van der Waals surface area contributed by atoms with Crippen LogP contribution in [0.25, 0.3) is 0 Å². The molecule has 0 saturated carbocycles. The van der Waals surface area contributed by atoms with E-state index < -0.39 is 0 Å². The van der Waals surface area contributed by atoms with Crippen LogP contribution in [0.3, 0.4) is 0 Å². The number of H-pyrrole nitrogens is 1. The summed E-state index contributed by atoms with van der Waals surface area (Å²) < 4.78 is 0. The Kier molecular flexibility index (Phi) is 3.16. The lowest BCUT2D eigenvalue weighted by Gasteiger charge is -1.92. The van der Waals surface area contributed by atoms with Crippen LogP contribution in [-0.4, -0.2) is 21.5 Å². The highest BCUT2D eigenvalue weighted by atomic mass is 32.2. The van der Waals surface area contributed by atoms with E-state index in [0.717, 1.165) is 10.9 Å². The summed E-state index contributed by atoms with van der Waals surface area (Å²) >= 11 is 1.57. The third kappa shape index (κ3) is 3.23. The summed E-state index contributed by atoms with van der Waals surface area (Å²) in [7, 11) is 0. The highest BCUT2D eigenvalue weighted by Crippen LogP contribution is 2.12. The molecule has 0 fully saturated rings. The largest absolute Gasteiger partial charge is 0.340 e. The van der Waals surface area contributed by atoms with Crippen molar-refractivity contribution in [2.75, 3.05) is 5.75 Å². The Hall–Kier alpha value is -0.770. The first kappa shape index (κ1) is 8.33. The Balaban J connectivity index is 2.19. The van der Waals surface area contributed by atoms with Crippen molar-refractivity contribution in [1.29, 1.82) is 0 Å². The third-order valence-corrected chi connectivity index (χ3v) is 2.07. The van der Waals surface area contributed by atoms with Crippen molar-refractivity contribution < 1.29 is 4.79 Å². The van der Waals surface area contributed by atoms with Gasteiger partial charge in [0.05, 0.1) is 0 Å². The molecule has 0 bridgehead atoms. The van der Waals surface area contributed by atoms with Crippen molar-refractivity contribution in [3.63, 3.8) is 0 Å². The Labute approximate surface area is 69.6 Å². The third-order valence-electron chi connectivity index (χ3n) is 1.17. The van der Waals surface area contributed by atoms with Gasteiger partial charge in [-0.15, -0.1) is 0 Å². The first-order valence-electron chi connectivity index (χ1n) is 3.40. The molecular weight excluding hydrogens is 160 g/mol. The average Bonchev–Trinajstić information content (AvgIpc) is 2.39. The van der Waals surface area contributed by atoms with Gasteiger partial charge in [-0.05, 0) is 6.92 Å². The fraction of sp³-hybridized carbons (Fsp3) is 0.429. The van der Waals surface area contributed by atoms with E-state index in [1.165, 1.54) is 0 Å². The summed E-state index contributed by atoms with van der Waals surface area (Å²) in [6, 6.07) is 0. The minimum absolute atomic E-state index is 0.226. The molecule has 11 heavy (non-hydrogen) atoms. The number of nitrogens with one attached hydrogen (secondary N) is 1. The molecular formula is C7H10N2OS. The number of rotatable bonds is 4. The van der Waals surface area contributed by atoms with Crippen molar-refractivity contribution in [1.82, 2.24) is 9.97 Å². The van der Waals surface area contributed by atoms with Gasteiger partial charge >= 0.3 is 0 Å². The number of nitrogens with zero attached hydrogens (tertiary/aromatic N) is 1. The van der Waals surface area contributed by atoms with Gasteiger partial charge in [0, 0.05) is 24.6 Å². The maximum Gasteiger partial charge on any atom is 0.165 e. The van der Waals surface area contributed by atoms with Crippen LogP contribution in [0.2, 0.25) is 0 Å². The zero-order valence-electron chi connectivity index (χ0n) is 6.33. The van der Waals surface area contributed by atoms with Crippen LogP contribution in [0.15, 0.2) is 17.6 Å². The number of carbonyl (C=O) groups is 1. The van der Waals surface area contributed by atoms with Crippen LogP contribution in [0.1, 0.15) is 13.3 Å². The summed E-state index contributed by atoms with van der Waals surface area (Å²) in [6.45, 7) is 1.60. The molecule has 0 radical (unpaired) electrons. The van der Waals surface area contributed by atoms with E-state index in [9.17, 15) is 4.79 Å². The topological polar surface area (TPSA) is 45.8 Å². The van der Waals surface area contributed by atoms with Gasteiger partial charge in [0.25, 0.3) is 0 Å². The number of carbonyl (C=O) groups excluding carboxylic acids is 1. The number of hydrogen-bond acceptors (Lipinski definition) is 3. The molecule has 0 saturated heterocycles. The number of aromatic amines is 1. The first-order chi connectivity index (χ1) is 5.29. The van der Waals surface area contributed by atoms with E-state index in [1.807, 2.05) is 0 Å². The molecule has 60 valence electrons. The van der Waals surface area contributed by atoms with Gasteiger partial charge in [-0.2, -0.15) is 0 Å². The SMILES string of the molecule is CC(=O)CCSc1ncc[nH]1. The molecule has 1 aromatic rings. The Morgan fingerprint density at radius 3 is 3.18 bits per heavy atom. The highest BCUT2D eigenvalue weighted by Gasteiger charge is 1.96. The molecule has 0 spiro atoms. The molecule has 1 heterocycles. The van der Waals surface area contributed by atoms with Gasteiger partial charge in [0.2, 0.25) is 0 Å². The Morgan fingerprint density at radius 2 is 2.64 bits per heavy atom. The van der Waals surface area contributed by atoms with Crippen LogP contribution in [0, 0.1) is 0 Å².